The Kier molecular flexibility index (Phi) is 7.57. The van der Waals surface area contributed by atoms with Crippen LogP contribution in [0.5, 0.6) is 0 Å². The molecule has 0 saturated heterocycles. The fraction of sp³-hybridized carbons (Fsp3) is 0.667. The number of rotatable bonds is 9. The smallest absolute Gasteiger partial charge is 0.266 e. The topological polar surface area (TPSA) is 43.4 Å². The molecular weight excluding hydrogens is 296 g/mol. The van der Waals surface area contributed by atoms with Crippen LogP contribution in [0.3, 0.4) is 0 Å². The van der Waals surface area contributed by atoms with Gasteiger partial charge in [-0.1, -0.05) is 78.0 Å². The average Bonchev–Trinajstić information content (AvgIpc) is 2.45. The Bertz CT molecular complexity index is 542. The van der Waals surface area contributed by atoms with Gasteiger partial charge in [-0.25, -0.2) is 0 Å². The van der Waals surface area contributed by atoms with E-state index in [9.17, 15) is 8.42 Å². The van der Waals surface area contributed by atoms with E-state index >= 15 is 0 Å². The molecule has 22 heavy (non-hydrogen) atoms. The highest BCUT2D eigenvalue weighted by atomic mass is 32.2. The van der Waals surface area contributed by atoms with Gasteiger partial charge in [-0.3, -0.25) is 4.18 Å². The molecule has 4 heteroatoms. The number of hydrogen-bond acceptors (Lipinski definition) is 3. The van der Waals surface area contributed by atoms with E-state index in [1.807, 2.05) is 32.9 Å². The Balaban J connectivity index is 2.61. The highest BCUT2D eigenvalue weighted by Gasteiger charge is 2.25. The van der Waals surface area contributed by atoms with Crippen LogP contribution < -0.4 is 0 Å². The summed E-state index contributed by atoms with van der Waals surface area (Å²) in [5, 5.41) is 0. The SMILES string of the molecule is CCCCCCCCOS(=O)(=O)c1ccccc1C(C)(C)C. The van der Waals surface area contributed by atoms with Crippen LogP contribution in [0.25, 0.3) is 0 Å². The molecule has 0 radical (unpaired) electrons. The van der Waals surface area contributed by atoms with Crippen LogP contribution in [-0.2, 0) is 19.7 Å². The lowest BCUT2D eigenvalue weighted by Crippen LogP contribution is -2.18. The Hall–Kier alpha value is -0.870. The van der Waals surface area contributed by atoms with Crippen molar-refractivity contribution in [2.75, 3.05) is 6.61 Å². The second-order valence-electron chi connectivity index (χ2n) is 6.79. The summed E-state index contributed by atoms with van der Waals surface area (Å²) in [4.78, 5) is 0.300. The number of benzene rings is 1. The summed E-state index contributed by atoms with van der Waals surface area (Å²) in [6.07, 6.45) is 6.65. The molecule has 0 spiro atoms. The quantitative estimate of drug-likeness (QED) is 0.471. The lowest BCUT2D eigenvalue weighted by atomic mass is 9.87. The molecule has 0 atom stereocenters. The van der Waals surface area contributed by atoms with Crippen molar-refractivity contribution in [3.63, 3.8) is 0 Å². The molecule has 1 aromatic rings. The fourth-order valence-corrected chi connectivity index (χ4v) is 3.77. The van der Waals surface area contributed by atoms with Crippen molar-refractivity contribution in [1.29, 1.82) is 0 Å². The third-order valence-electron chi connectivity index (χ3n) is 3.70. The molecule has 0 unspecified atom stereocenters. The van der Waals surface area contributed by atoms with Gasteiger partial charge in [-0.15, -0.1) is 0 Å². The van der Waals surface area contributed by atoms with Crippen molar-refractivity contribution in [2.45, 2.75) is 76.5 Å². The van der Waals surface area contributed by atoms with Crippen LogP contribution in [0.15, 0.2) is 29.2 Å². The van der Waals surface area contributed by atoms with E-state index in [2.05, 4.69) is 6.92 Å². The van der Waals surface area contributed by atoms with E-state index in [0.717, 1.165) is 24.8 Å². The van der Waals surface area contributed by atoms with Crippen LogP contribution in [0.2, 0.25) is 0 Å². The molecular formula is C18H30O3S. The highest BCUT2D eigenvalue weighted by Crippen LogP contribution is 2.29. The van der Waals surface area contributed by atoms with Gasteiger partial charge in [0.2, 0.25) is 0 Å². The normalized spacial score (nSPS) is 12.5. The van der Waals surface area contributed by atoms with E-state index in [1.165, 1.54) is 19.3 Å². The predicted octanol–water partition coefficient (Wildman–Crippen LogP) is 5.05. The van der Waals surface area contributed by atoms with Crippen molar-refractivity contribution < 1.29 is 12.6 Å². The minimum atomic E-state index is -3.67. The van der Waals surface area contributed by atoms with Crippen molar-refractivity contribution in [2.24, 2.45) is 0 Å². The zero-order valence-corrected chi connectivity index (χ0v) is 15.2. The Labute approximate surface area is 136 Å². The van der Waals surface area contributed by atoms with Gasteiger partial charge in [0.25, 0.3) is 10.1 Å². The number of hydrogen-bond donors (Lipinski definition) is 0. The Morgan fingerprint density at radius 1 is 0.955 bits per heavy atom. The third-order valence-corrected chi connectivity index (χ3v) is 5.07. The maximum Gasteiger partial charge on any atom is 0.297 e. The van der Waals surface area contributed by atoms with Crippen LogP contribution in [0, 0.1) is 0 Å². The maximum atomic E-state index is 12.4. The molecule has 1 rings (SSSR count). The number of unbranched alkanes of at least 4 members (excludes halogenated alkanes) is 5. The molecule has 0 N–H and O–H groups in total. The van der Waals surface area contributed by atoms with Gasteiger partial charge in [-0.2, -0.15) is 8.42 Å². The predicted molar refractivity (Wildman–Crippen MR) is 91.7 cm³/mol. The molecule has 0 saturated carbocycles. The lowest BCUT2D eigenvalue weighted by Gasteiger charge is -2.22. The Morgan fingerprint density at radius 2 is 1.55 bits per heavy atom. The highest BCUT2D eigenvalue weighted by molar-refractivity contribution is 7.86. The molecule has 1 aromatic carbocycles. The zero-order chi connectivity index (χ0) is 16.6. The summed E-state index contributed by atoms with van der Waals surface area (Å²) in [6.45, 7) is 8.48. The fourth-order valence-electron chi connectivity index (χ4n) is 2.42. The molecule has 0 aliphatic heterocycles. The second-order valence-corrected chi connectivity index (χ2v) is 8.37. The van der Waals surface area contributed by atoms with Gasteiger partial charge in [0.1, 0.15) is 0 Å². The molecule has 0 aliphatic rings. The van der Waals surface area contributed by atoms with Gasteiger partial charge in [-0.05, 0) is 23.5 Å². The van der Waals surface area contributed by atoms with E-state index < -0.39 is 10.1 Å². The molecule has 126 valence electrons. The van der Waals surface area contributed by atoms with Crippen molar-refractivity contribution in [3.8, 4) is 0 Å². The third kappa shape index (κ3) is 6.09. The second kappa shape index (κ2) is 8.68. The molecule has 3 nitrogen and oxygen atoms in total. The minimum Gasteiger partial charge on any atom is -0.266 e. The minimum absolute atomic E-state index is 0.229. The average molecular weight is 327 g/mol. The van der Waals surface area contributed by atoms with Gasteiger partial charge in [0.05, 0.1) is 11.5 Å². The summed E-state index contributed by atoms with van der Waals surface area (Å²) in [5.74, 6) is 0. The van der Waals surface area contributed by atoms with Crippen molar-refractivity contribution in [1.82, 2.24) is 0 Å². The van der Waals surface area contributed by atoms with Gasteiger partial charge in [0.15, 0.2) is 0 Å². The molecule has 0 fully saturated rings. The summed E-state index contributed by atoms with van der Waals surface area (Å²) >= 11 is 0. The summed E-state index contributed by atoms with van der Waals surface area (Å²) in [7, 11) is -3.67. The van der Waals surface area contributed by atoms with E-state index in [0.29, 0.717) is 4.90 Å². The first-order valence-electron chi connectivity index (χ1n) is 8.28. The summed E-state index contributed by atoms with van der Waals surface area (Å²) in [6, 6.07) is 7.11. The molecule has 0 bridgehead atoms. The first-order chi connectivity index (χ1) is 10.3. The van der Waals surface area contributed by atoms with E-state index in [4.69, 9.17) is 4.18 Å². The van der Waals surface area contributed by atoms with Crippen LogP contribution in [0.1, 0.15) is 71.8 Å². The first-order valence-corrected chi connectivity index (χ1v) is 9.69. The van der Waals surface area contributed by atoms with Crippen LogP contribution >= 0.6 is 0 Å². The molecule has 0 heterocycles. The molecule has 0 amide bonds. The molecule has 0 aromatic heterocycles. The van der Waals surface area contributed by atoms with Gasteiger partial charge in [0, 0.05) is 0 Å². The largest absolute Gasteiger partial charge is 0.297 e. The Morgan fingerprint density at radius 3 is 2.18 bits per heavy atom. The van der Waals surface area contributed by atoms with Gasteiger partial charge >= 0.3 is 0 Å². The van der Waals surface area contributed by atoms with Gasteiger partial charge < -0.3 is 0 Å². The van der Waals surface area contributed by atoms with Crippen LogP contribution in [-0.4, -0.2) is 15.0 Å². The standard InChI is InChI=1S/C18H30O3S/c1-5-6-7-8-9-12-15-21-22(19,20)17-14-11-10-13-16(17)18(2,3)4/h10-11,13-14H,5-9,12,15H2,1-4H3. The summed E-state index contributed by atoms with van der Waals surface area (Å²) < 4.78 is 30.1. The van der Waals surface area contributed by atoms with Crippen LogP contribution in [0.4, 0.5) is 0 Å². The van der Waals surface area contributed by atoms with E-state index in [1.54, 1.807) is 12.1 Å². The monoisotopic (exact) mass is 326 g/mol. The van der Waals surface area contributed by atoms with Crippen molar-refractivity contribution in [3.05, 3.63) is 29.8 Å². The maximum absolute atomic E-state index is 12.4. The van der Waals surface area contributed by atoms with E-state index in [-0.39, 0.29) is 12.0 Å². The summed E-state index contributed by atoms with van der Waals surface area (Å²) in [5.41, 5.74) is 0.575. The zero-order valence-electron chi connectivity index (χ0n) is 14.4. The molecule has 0 aliphatic carbocycles. The lowest BCUT2D eigenvalue weighted by molar-refractivity contribution is 0.305. The first kappa shape index (κ1) is 19.2. The van der Waals surface area contributed by atoms with Crippen molar-refractivity contribution >= 4 is 10.1 Å².